The summed E-state index contributed by atoms with van der Waals surface area (Å²) in [7, 11) is 0. The minimum Gasteiger partial charge on any atom is -0.378 e. The number of morpholine rings is 1. The van der Waals surface area contributed by atoms with Crippen LogP contribution < -0.4 is 10.6 Å². The van der Waals surface area contributed by atoms with E-state index in [9.17, 15) is 14.4 Å². The molecule has 150 valence electrons. The molecule has 2 aromatic rings. The molecule has 3 rings (SSSR count). The lowest BCUT2D eigenvalue weighted by Crippen LogP contribution is -2.52. The Hall–Kier alpha value is -2.87. The van der Waals surface area contributed by atoms with Crippen molar-refractivity contribution in [3.8, 4) is 0 Å². The van der Waals surface area contributed by atoms with Gasteiger partial charge in [0.1, 0.15) is 6.04 Å². The number of ether oxygens (including phenoxy) is 1. The summed E-state index contributed by atoms with van der Waals surface area (Å²) in [5.41, 5.74) is 1.97. The summed E-state index contributed by atoms with van der Waals surface area (Å²) in [4.78, 5) is 41.3. The van der Waals surface area contributed by atoms with Crippen LogP contribution in [0.15, 0.2) is 30.5 Å². The summed E-state index contributed by atoms with van der Waals surface area (Å²) >= 11 is 0. The Morgan fingerprint density at radius 3 is 2.71 bits per heavy atom. The second-order valence-corrected chi connectivity index (χ2v) is 6.85. The fraction of sp³-hybridized carbons (Fsp3) is 0.450. The standard InChI is InChI=1S/C20H26N4O4/c1-14(25)21-7-6-19(26)23-18(20(27)24-8-10-28-11-9-24)12-15-13-22-17-5-3-2-4-16(15)17/h2-5,13,18,22H,6-12H2,1H3,(H,21,25)(H,23,26). The maximum Gasteiger partial charge on any atom is 0.245 e. The molecule has 28 heavy (non-hydrogen) atoms. The smallest absolute Gasteiger partial charge is 0.245 e. The van der Waals surface area contributed by atoms with Crippen molar-refractivity contribution < 1.29 is 19.1 Å². The molecule has 1 aliphatic rings. The Balaban J connectivity index is 1.72. The first kappa shape index (κ1) is 19.9. The fourth-order valence-electron chi connectivity index (χ4n) is 3.34. The molecule has 0 aliphatic carbocycles. The number of H-pyrrole nitrogens is 1. The van der Waals surface area contributed by atoms with Crippen LogP contribution in [-0.2, 0) is 25.5 Å². The maximum absolute atomic E-state index is 13.1. The second kappa shape index (κ2) is 9.36. The molecule has 1 fully saturated rings. The van der Waals surface area contributed by atoms with Crippen LogP contribution in [0, 0.1) is 0 Å². The van der Waals surface area contributed by atoms with Gasteiger partial charge in [-0.2, -0.15) is 0 Å². The zero-order valence-electron chi connectivity index (χ0n) is 16.0. The summed E-state index contributed by atoms with van der Waals surface area (Å²) in [6.45, 7) is 3.69. The second-order valence-electron chi connectivity index (χ2n) is 6.85. The minimum atomic E-state index is -0.665. The number of para-hydroxylation sites is 1. The van der Waals surface area contributed by atoms with E-state index in [4.69, 9.17) is 4.74 Å². The molecule has 0 radical (unpaired) electrons. The minimum absolute atomic E-state index is 0.110. The first-order valence-corrected chi connectivity index (χ1v) is 9.50. The van der Waals surface area contributed by atoms with E-state index in [2.05, 4.69) is 15.6 Å². The zero-order valence-corrected chi connectivity index (χ0v) is 16.0. The van der Waals surface area contributed by atoms with E-state index in [-0.39, 0.29) is 30.7 Å². The topological polar surface area (TPSA) is 104 Å². The lowest BCUT2D eigenvalue weighted by molar-refractivity contribution is -0.140. The lowest BCUT2D eigenvalue weighted by atomic mass is 10.0. The third-order valence-corrected chi connectivity index (χ3v) is 4.78. The number of aromatic amines is 1. The van der Waals surface area contributed by atoms with Gasteiger partial charge in [-0.3, -0.25) is 14.4 Å². The number of hydrogen-bond donors (Lipinski definition) is 3. The third kappa shape index (κ3) is 5.10. The molecule has 3 amide bonds. The molecule has 3 N–H and O–H groups in total. The van der Waals surface area contributed by atoms with Gasteiger partial charge in [0.15, 0.2) is 0 Å². The predicted molar refractivity (Wildman–Crippen MR) is 105 cm³/mol. The van der Waals surface area contributed by atoms with Gasteiger partial charge in [-0.1, -0.05) is 18.2 Å². The van der Waals surface area contributed by atoms with Gasteiger partial charge in [-0.05, 0) is 11.6 Å². The molecule has 2 heterocycles. The van der Waals surface area contributed by atoms with Gasteiger partial charge in [0, 0.05) is 56.5 Å². The average Bonchev–Trinajstić information content (AvgIpc) is 3.10. The van der Waals surface area contributed by atoms with E-state index >= 15 is 0 Å². The van der Waals surface area contributed by atoms with Crippen molar-refractivity contribution in [2.75, 3.05) is 32.8 Å². The van der Waals surface area contributed by atoms with E-state index in [1.165, 1.54) is 6.92 Å². The number of aromatic nitrogens is 1. The van der Waals surface area contributed by atoms with E-state index in [1.54, 1.807) is 4.90 Å². The molecular formula is C20H26N4O4. The number of amides is 3. The van der Waals surface area contributed by atoms with E-state index < -0.39 is 6.04 Å². The summed E-state index contributed by atoms with van der Waals surface area (Å²) in [6.07, 6.45) is 2.40. The lowest BCUT2D eigenvalue weighted by Gasteiger charge is -2.30. The molecule has 1 aromatic carbocycles. The number of fused-ring (bicyclic) bond motifs is 1. The van der Waals surface area contributed by atoms with Gasteiger partial charge >= 0.3 is 0 Å². The molecule has 1 saturated heterocycles. The molecular weight excluding hydrogens is 360 g/mol. The Bertz CT molecular complexity index is 842. The van der Waals surface area contributed by atoms with Crippen molar-refractivity contribution in [1.29, 1.82) is 0 Å². The number of benzene rings is 1. The van der Waals surface area contributed by atoms with Gasteiger partial charge in [-0.15, -0.1) is 0 Å². The van der Waals surface area contributed by atoms with Crippen LogP contribution in [0.3, 0.4) is 0 Å². The Morgan fingerprint density at radius 1 is 1.21 bits per heavy atom. The normalized spacial score (nSPS) is 15.2. The van der Waals surface area contributed by atoms with Crippen molar-refractivity contribution in [3.05, 3.63) is 36.0 Å². The molecule has 0 bridgehead atoms. The fourth-order valence-corrected chi connectivity index (χ4v) is 3.34. The zero-order chi connectivity index (χ0) is 19.9. The van der Waals surface area contributed by atoms with Crippen LogP contribution in [0.5, 0.6) is 0 Å². The van der Waals surface area contributed by atoms with Crippen LogP contribution in [-0.4, -0.2) is 66.5 Å². The molecule has 1 unspecified atom stereocenters. The summed E-state index contributed by atoms with van der Waals surface area (Å²) in [6, 6.07) is 7.20. The molecule has 8 heteroatoms. The molecule has 1 aliphatic heterocycles. The van der Waals surface area contributed by atoms with Crippen LogP contribution in [0.25, 0.3) is 10.9 Å². The van der Waals surface area contributed by atoms with E-state index in [0.29, 0.717) is 32.7 Å². The highest BCUT2D eigenvalue weighted by molar-refractivity contribution is 5.90. The predicted octanol–water partition coefficient (Wildman–Crippen LogP) is 0.580. The van der Waals surface area contributed by atoms with Crippen LogP contribution >= 0.6 is 0 Å². The number of carbonyl (C=O) groups excluding carboxylic acids is 3. The quantitative estimate of drug-likeness (QED) is 0.648. The van der Waals surface area contributed by atoms with E-state index in [0.717, 1.165) is 16.5 Å². The largest absolute Gasteiger partial charge is 0.378 e. The highest BCUT2D eigenvalue weighted by atomic mass is 16.5. The van der Waals surface area contributed by atoms with Gasteiger partial charge < -0.3 is 25.3 Å². The highest BCUT2D eigenvalue weighted by Gasteiger charge is 2.28. The van der Waals surface area contributed by atoms with Crippen LogP contribution in [0.1, 0.15) is 18.9 Å². The summed E-state index contributed by atoms with van der Waals surface area (Å²) in [5, 5.41) is 6.49. The summed E-state index contributed by atoms with van der Waals surface area (Å²) in [5.74, 6) is -0.561. The monoisotopic (exact) mass is 386 g/mol. The number of rotatable bonds is 7. The average molecular weight is 386 g/mol. The first-order valence-electron chi connectivity index (χ1n) is 9.50. The molecule has 8 nitrogen and oxygen atoms in total. The SMILES string of the molecule is CC(=O)NCCC(=O)NC(Cc1c[nH]c2ccccc12)C(=O)N1CCOCC1. The summed E-state index contributed by atoms with van der Waals surface area (Å²) < 4.78 is 5.32. The molecule has 1 atom stereocenters. The van der Waals surface area contributed by atoms with Crippen LogP contribution in [0.4, 0.5) is 0 Å². The Labute approximate surface area is 163 Å². The van der Waals surface area contributed by atoms with E-state index in [1.807, 2.05) is 30.5 Å². The number of carbonyl (C=O) groups is 3. The number of nitrogens with one attached hydrogen (secondary N) is 3. The molecule has 0 saturated carbocycles. The number of nitrogens with zero attached hydrogens (tertiary/aromatic N) is 1. The first-order chi connectivity index (χ1) is 13.5. The third-order valence-electron chi connectivity index (χ3n) is 4.78. The van der Waals surface area contributed by atoms with Gasteiger partial charge in [0.05, 0.1) is 13.2 Å². The highest BCUT2D eigenvalue weighted by Crippen LogP contribution is 2.20. The van der Waals surface area contributed by atoms with Gasteiger partial charge in [-0.25, -0.2) is 0 Å². The van der Waals surface area contributed by atoms with Gasteiger partial charge in [0.25, 0.3) is 0 Å². The van der Waals surface area contributed by atoms with Crippen LogP contribution in [0.2, 0.25) is 0 Å². The number of hydrogen-bond acceptors (Lipinski definition) is 4. The van der Waals surface area contributed by atoms with Gasteiger partial charge in [0.2, 0.25) is 17.7 Å². The Kier molecular flexibility index (Phi) is 6.65. The molecule has 1 aromatic heterocycles. The van der Waals surface area contributed by atoms with Crippen molar-refractivity contribution >= 4 is 28.6 Å². The molecule has 0 spiro atoms. The Morgan fingerprint density at radius 2 is 1.96 bits per heavy atom. The van der Waals surface area contributed by atoms with Crippen molar-refractivity contribution in [2.45, 2.75) is 25.8 Å². The van der Waals surface area contributed by atoms with Crippen molar-refractivity contribution in [2.24, 2.45) is 0 Å². The van der Waals surface area contributed by atoms with Crippen molar-refractivity contribution in [3.63, 3.8) is 0 Å². The maximum atomic E-state index is 13.1. The van der Waals surface area contributed by atoms with Crippen molar-refractivity contribution in [1.82, 2.24) is 20.5 Å².